The smallest absolute Gasteiger partial charge is 0.315 e. The fourth-order valence-electron chi connectivity index (χ4n) is 2.23. The van der Waals surface area contributed by atoms with Crippen molar-refractivity contribution in [1.82, 2.24) is 10.6 Å². The molecule has 0 spiro atoms. The average molecular weight is 312 g/mol. The summed E-state index contributed by atoms with van der Waals surface area (Å²) in [4.78, 5) is 11.8. The first-order chi connectivity index (χ1) is 11.2. The van der Waals surface area contributed by atoms with Crippen LogP contribution >= 0.6 is 0 Å². The zero-order valence-electron chi connectivity index (χ0n) is 13.5. The van der Waals surface area contributed by atoms with Crippen molar-refractivity contribution in [2.45, 2.75) is 25.8 Å². The third kappa shape index (κ3) is 6.87. The molecule has 2 amide bonds. The first-order valence-electron chi connectivity index (χ1n) is 8.00. The molecule has 0 unspecified atom stereocenters. The van der Waals surface area contributed by atoms with Gasteiger partial charge in [-0.2, -0.15) is 0 Å². The van der Waals surface area contributed by atoms with E-state index in [0.29, 0.717) is 13.2 Å². The van der Waals surface area contributed by atoms with Gasteiger partial charge in [-0.3, -0.25) is 0 Å². The standard InChI is InChI=1S/C19H24N2O2/c1-16(12-13-17-8-4-2-5-9-17)21-19(22)20-14-15-23-18-10-6-3-7-11-18/h2-11,16H,12-15H2,1H3,(H2,20,21,22)/t16-/m1/s1. The number of hydrogen-bond acceptors (Lipinski definition) is 2. The minimum absolute atomic E-state index is 0.130. The summed E-state index contributed by atoms with van der Waals surface area (Å²) in [5, 5.41) is 5.75. The van der Waals surface area contributed by atoms with Crippen molar-refractivity contribution < 1.29 is 9.53 Å². The summed E-state index contributed by atoms with van der Waals surface area (Å²) < 4.78 is 5.52. The molecule has 0 aliphatic carbocycles. The molecule has 0 saturated heterocycles. The Hall–Kier alpha value is -2.49. The minimum atomic E-state index is -0.151. The molecule has 1 atom stereocenters. The molecule has 0 fully saturated rings. The zero-order chi connectivity index (χ0) is 16.3. The van der Waals surface area contributed by atoms with Crippen LogP contribution in [0, 0.1) is 0 Å². The molecule has 0 aromatic heterocycles. The molecule has 0 saturated carbocycles. The van der Waals surface area contributed by atoms with Crippen molar-refractivity contribution in [3.63, 3.8) is 0 Å². The fourth-order valence-corrected chi connectivity index (χ4v) is 2.23. The van der Waals surface area contributed by atoms with Crippen LogP contribution in [-0.4, -0.2) is 25.2 Å². The number of urea groups is 1. The van der Waals surface area contributed by atoms with Crippen molar-refractivity contribution in [2.24, 2.45) is 0 Å². The summed E-state index contributed by atoms with van der Waals surface area (Å²) in [5.41, 5.74) is 1.29. The van der Waals surface area contributed by atoms with Crippen LogP contribution in [0.1, 0.15) is 18.9 Å². The van der Waals surface area contributed by atoms with E-state index in [4.69, 9.17) is 4.74 Å². The maximum atomic E-state index is 11.8. The predicted molar refractivity (Wildman–Crippen MR) is 92.7 cm³/mol. The quantitative estimate of drug-likeness (QED) is 0.734. The molecular weight excluding hydrogens is 288 g/mol. The van der Waals surface area contributed by atoms with Crippen molar-refractivity contribution in [1.29, 1.82) is 0 Å². The van der Waals surface area contributed by atoms with Crippen molar-refractivity contribution >= 4 is 6.03 Å². The average Bonchev–Trinajstić information content (AvgIpc) is 2.59. The van der Waals surface area contributed by atoms with Gasteiger partial charge < -0.3 is 15.4 Å². The van der Waals surface area contributed by atoms with Gasteiger partial charge in [0.05, 0.1) is 6.54 Å². The number of ether oxygens (including phenoxy) is 1. The lowest BCUT2D eigenvalue weighted by atomic mass is 10.1. The van der Waals surface area contributed by atoms with Gasteiger partial charge in [0, 0.05) is 6.04 Å². The van der Waals surface area contributed by atoms with Gasteiger partial charge in [-0.25, -0.2) is 4.79 Å². The van der Waals surface area contributed by atoms with E-state index in [0.717, 1.165) is 18.6 Å². The SMILES string of the molecule is C[C@H](CCc1ccccc1)NC(=O)NCCOc1ccccc1. The van der Waals surface area contributed by atoms with Crippen LogP contribution in [0.3, 0.4) is 0 Å². The predicted octanol–water partition coefficient (Wildman–Crippen LogP) is 3.39. The number of amides is 2. The van der Waals surface area contributed by atoms with Gasteiger partial charge in [0.1, 0.15) is 12.4 Å². The first kappa shape index (κ1) is 16.9. The van der Waals surface area contributed by atoms with Crippen molar-refractivity contribution in [3.8, 4) is 5.75 Å². The molecule has 122 valence electrons. The van der Waals surface area contributed by atoms with Gasteiger partial charge in [0.25, 0.3) is 0 Å². The maximum Gasteiger partial charge on any atom is 0.315 e. The van der Waals surface area contributed by atoms with E-state index < -0.39 is 0 Å². The van der Waals surface area contributed by atoms with E-state index >= 15 is 0 Å². The van der Waals surface area contributed by atoms with Crippen LogP contribution in [0.15, 0.2) is 60.7 Å². The zero-order valence-corrected chi connectivity index (χ0v) is 13.5. The number of aryl methyl sites for hydroxylation is 1. The van der Waals surface area contributed by atoms with Crippen LogP contribution < -0.4 is 15.4 Å². The second-order valence-electron chi connectivity index (χ2n) is 5.49. The highest BCUT2D eigenvalue weighted by Crippen LogP contribution is 2.07. The molecule has 0 aliphatic rings. The van der Waals surface area contributed by atoms with Crippen LogP contribution in [0.4, 0.5) is 4.79 Å². The highest BCUT2D eigenvalue weighted by Gasteiger charge is 2.06. The van der Waals surface area contributed by atoms with Crippen LogP contribution in [0.5, 0.6) is 5.75 Å². The number of carbonyl (C=O) groups excluding carboxylic acids is 1. The Labute approximate surface area is 137 Å². The first-order valence-corrected chi connectivity index (χ1v) is 8.00. The molecule has 2 rings (SSSR count). The van der Waals surface area contributed by atoms with Gasteiger partial charge in [-0.15, -0.1) is 0 Å². The van der Waals surface area contributed by atoms with Gasteiger partial charge in [0.15, 0.2) is 0 Å². The van der Waals surface area contributed by atoms with Gasteiger partial charge >= 0.3 is 6.03 Å². The molecule has 2 aromatic carbocycles. The van der Waals surface area contributed by atoms with Crippen molar-refractivity contribution in [2.75, 3.05) is 13.2 Å². The molecule has 0 aliphatic heterocycles. The Bertz CT molecular complexity index is 572. The Morgan fingerprint density at radius 1 is 1.04 bits per heavy atom. The van der Waals surface area contributed by atoms with Gasteiger partial charge in [-0.05, 0) is 37.5 Å². The lowest BCUT2D eigenvalue weighted by molar-refractivity contribution is 0.233. The van der Waals surface area contributed by atoms with E-state index in [1.807, 2.05) is 55.5 Å². The third-order valence-electron chi connectivity index (χ3n) is 3.49. The maximum absolute atomic E-state index is 11.8. The van der Waals surface area contributed by atoms with E-state index in [2.05, 4.69) is 22.8 Å². The van der Waals surface area contributed by atoms with E-state index in [-0.39, 0.29) is 12.1 Å². The van der Waals surface area contributed by atoms with Crippen LogP contribution in [0.25, 0.3) is 0 Å². The number of rotatable bonds is 8. The molecule has 2 N–H and O–H groups in total. The monoisotopic (exact) mass is 312 g/mol. The minimum Gasteiger partial charge on any atom is -0.492 e. The fraction of sp³-hybridized carbons (Fsp3) is 0.316. The molecule has 2 aromatic rings. The summed E-state index contributed by atoms with van der Waals surface area (Å²) in [6.07, 6.45) is 1.87. The Balaban J connectivity index is 1.57. The van der Waals surface area contributed by atoms with Gasteiger partial charge in [0.2, 0.25) is 0 Å². The Morgan fingerprint density at radius 2 is 1.70 bits per heavy atom. The normalized spacial score (nSPS) is 11.5. The highest BCUT2D eigenvalue weighted by molar-refractivity contribution is 5.74. The lowest BCUT2D eigenvalue weighted by Crippen LogP contribution is -2.42. The van der Waals surface area contributed by atoms with E-state index in [1.54, 1.807) is 0 Å². The number of nitrogens with one attached hydrogen (secondary N) is 2. The number of carbonyl (C=O) groups is 1. The second kappa shape index (κ2) is 9.51. The number of para-hydroxylation sites is 1. The van der Waals surface area contributed by atoms with Gasteiger partial charge in [-0.1, -0.05) is 48.5 Å². The van der Waals surface area contributed by atoms with Crippen LogP contribution in [-0.2, 0) is 6.42 Å². The molecule has 4 heteroatoms. The second-order valence-corrected chi connectivity index (χ2v) is 5.49. The third-order valence-corrected chi connectivity index (χ3v) is 3.49. The summed E-state index contributed by atoms with van der Waals surface area (Å²) in [6.45, 7) is 2.95. The van der Waals surface area contributed by atoms with Crippen molar-refractivity contribution in [3.05, 3.63) is 66.2 Å². The van der Waals surface area contributed by atoms with Crippen LogP contribution in [0.2, 0.25) is 0 Å². The summed E-state index contributed by atoms with van der Waals surface area (Å²) >= 11 is 0. The Kier molecular flexibility index (Phi) is 6.98. The van der Waals surface area contributed by atoms with E-state index in [9.17, 15) is 4.79 Å². The molecule has 23 heavy (non-hydrogen) atoms. The lowest BCUT2D eigenvalue weighted by Gasteiger charge is -2.15. The summed E-state index contributed by atoms with van der Waals surface area (Å²) in [5.74, 6) is 0.811. The molecule has 0 radical (unpaired) electrons. The number of hydrogen-bond donors (Lipinski definition) is 2. The highest BCUT2D eigenvalue weighted by atomic mass is 16.5. The molecule has 0 heterocycles. The molecule has 0 bridgehead atoms. The topological polar surface area (TPSA) is 50.4 Å². The number of benzene rings is 2. The largest absolute Gasteiger partial charge is 0.492 e. The molecular formula is C19H24N2O2. The summed E-state index contributed by atoms with van der Waals surface area (Å²) in [7, 11) is 0. The summed E-state index contributed by atoms with van der Waals surface area (Å²) in [6, 6.07) is 19.8. The molecule has 4 nitrogen and oxygen atoms in total. The van der Waals surface area contributed by atoms with E-state index in [1.165, 1.54) is 5.56 Å². The Morgan fingerprint density at radius 3 is 2.39 bits per heavy atom.